The van der Waals surface area contributed by atoms with Crippen molar-refractivity contribution in [1.82, 2.24) is 29.7 Å². The van der Waals surface area contributed by atoms with Crippen molar-refractivity contribution in [3.05, 3.63) is 29.2 Å². The van der Waals surface area contributed by atoms with Crippen LogP contribution in [0.3, 0.4) is 0 Å². The summed E-state index contributed by atoms with van der Waals surface area (Å²) in [7, 11) is 3.95. The third kappa shape index (κ3) is 4.12. The molecule has 0 unspecified atom stereocenters. The zero-order chi connectivity index (χ0) is 18.7. The third-order valence-electron chi connectivity index (χ3n) is 5.04. The van der Waals surface area contributed by atoms with E-state index >= 15 is 0 Å². The van der Waals surface area contributed by atoms with Crippen molar-refractivity contribution in [2.75, 3.05) is 20.1 Å². The minimum absolute atomic E-state index is 0.104. The Kier molecular flexibility index (Phi) is 5.70. The Hall–Kier alpha value is -2.22. The van der Waals surface area contributed by atoms with Crippen LogP contribution in [0, 0.1) is 6.92 Å². The molecule has 1 amide bonds. The monoisotopic (exact) mass is 360 g/mol. The Balaban J connectivity index is 1.61. The van der Waals surface area contributed by atoms with Crippen molar-refractivity contribution in [2.45, 2.75) is 52.1 Å². The van der Waals surface area contributed by atoms with Crippen LogP contribution in [-0.2, 0) is 20.0 Å². The molecule has 0 spiro atoms. The van der Waals surface area contributed by atoms with Gasteiger partial charge in [0.05, 0.1) is 17.8 Å². The molecule has 2 aromatic heterocycles. The van der Waals surface area contributed by atoms with Gasteiger partial charge in [-0.15, -0.1) is 0 Å². The SMILES string of the molecule is CCc1nn(C)cc1C(=O)N1CCC[C@H](N(C)Cc2noc(C)n2)CC1. The van der Waals surface area contributed by atoms with E-state index in [0.29, 0.717) is 24.3 Å². The lowest BCUT2D eigenvalue weighted by atomic mass is 10.1. The molecule has 0 bridgehead atoms. The highest BCUT2D eigenvalue weighted by Crippen LogP contribution is 2.20. The normalized spacial score (nSPS) is 18.3. The lowest BCUT2D eigenvalue weighted by Gasteiger charge is -2.26. The topological polar surface area (TPSA) is 80.3 Å². The molecule has 26 heavy (non-hydrogen) atoms. The van der Waals surface area contributed by atoms with E-state index in [0.717, 1.165) is 50.0 Å². The van der Waals surface area contributed by atoms with Gasteiger partial charge in [-0.1, -0.05) is 12.1 Å². The lowest BCUT2D eigenvalue weighted by Crippen LogP contribution is -2.35. The summed E-state index contributed by atoms with van der Waals surface area (Å²) < 4.78 is 6.78. The fraction of sp³-hybridized carbons (Fsp3) is 0.667. The average molecular weight is 360 g/mol. The Morgan fingerprint density at radius 3 is 2.88 bits per heavy atom. The van der Waals surface area contributed by atoms with Gasteiger partial charge in [0, 0.05) is 39.3 Å². The number of aryl methyl sites for hydroxylation is 3. The molecule has 8 nitrogen and oxygen atoms in total. The molecule has 1 atom stereocenters. The van der Waals surface area contributed by atoms with Crippen LogP contribution in [0.25, 0.3) is 0 Å². The Labute approximate surface area is 154 Å². The number of carbonyl (C=O) groups excluding carboxylic acids is 1. The first kappa shape index (κ1) is 18.6. The molecule has 142 valence electrons. The van der Waals surface area contributed by atoms with Gasteiger partial charge in [0.1, 0.15) is 0 Å². The van der Waals surface area contributed by atoms with E-state index in [1.54, 1.807) is 11.6 Å². The van der Waals surface area contributed by atoms with Gasteiger partial charge in [-0.05, 0) is 32.7 Å². The molecule has 1 aliphatic heterocycles. The van der Waals surface area contributed by atoms with E-state index in [4.69, 9.17) is 4.52 Å². The second-order valence-electron chi connectivity index (χ2n) is 7.04. The van der Waals surface area contributed by atoms with E-state index in [9.17, 15) is 4.79 Å². The van der Waals surface area contributed by atoms with Crippen LogP contribution in [-0.4, -0.2) is 61.8 Å². The summed E-state index contributed by atoms with van der Waals surface area (Å²) in [6.45, 7) is 6.05. The summed E-state index contributed by atoms with van der Waals surface area (Å²) in [5.74, 6) is 1.41. The number of likely N-dealkylation sites (tertiary alicyclic amines) is 1. The highest BCUT2D eigenvalue weighted by molar-refractivity contribution is 5.95. The maximum Gasteiger partial charge on any atom is 0.257 e. The molecule has 1 saturated heterocycles. The van der Waals surface area contributed by atoms with E-state index in [1.807, 2.05) is 25.1 Å². The molecule has 0 aromatic carbocycles. The van der Waals surface area contributed by atoms with Crippen molar-refractivity contribution in [3.8, 4) is 0 Å². The summed E-state index contributed by atoms with van der Waals surface area (Å²) in [4.78, 5) is 21.5. The minimum atomic E-state index is 0.104. The summed E-state index contributed by atoms with van der Waals surface area (Å²) >= 11 is 0. The average Bonchev–Trinajstić information content (AvgIpc) is 3.10. The number of nitrogens with zero attached hydrogens (tertiary/aromatic N) is 6. The van der Waals surface area contributed by atoms with Crippen molar-refractivity contribution < 1.29 is 9.32 Å². The van der Waals surface area contributed by atoms with Crippen molar-refractivity contribution in [1.29, 1.82) is 0 Å². The van der Waals surface area contributed by atoms with Gasteiger partial charge in [-0.25, -0.2) is 0 Å². The molecule has 2 aromatic rings. The Morgan fingerprint density at radius 2 is 2.19 bits per heavy atom. The fourth-order valence-electron chi connectivity index (χ4n) is 3.62. The fourth-order valence-corrected chi connectivity index (χ4v) is 3.62. The molecule has 0 N–H and O–H groups in total. The number of aromatic nitrogens is 4. The molecule has 0 saturated carbocycles. The molecule has 0 aliphatic carbocycles. The van der Waals surface area contributed by atoms with Crippen molar-refractivity contribution in [2.24, 2.45) is 7.05 Å². The molecule has 3 rings (SSSR count). The maximum absolute atomic E-state index is 12.9. The maximum atomic E-state index is 12.9. The van der Waals surface area contributed by atoms with Crippen LogP contribution >= 0.6 is 0 Å². The molecule has 1 fully saturated rings. The zero-order valence-electron chi connectivity index (χ0n) is 16.1. The highest BCUT2D eigenvalue weighted by Gasteiger charge is 2.26. The first-order valence-electron chi connectivity index (χ1n) is 9.29. The van der Waals surface area contributed by atoms with Gasteiger partial charge in [0.2, 0.25) is 5.89 Å². The van der Waals surface area contributed by atoms with E-state index in [2.05, 4.69) is 27.2 Å². The number of hydrogen-bond acceptors (Lipinski definition) is 6. The Bertz CT molecular complexity index is 753. The van der Waals surface area contributed by atoms with Crippen LogP contribution < -0.4 is 0 Å². The van der Waals surface area contributed by atoms with Crippen LogP contribution in [0.1, 0.15) is 54.0 Å². The number of hydrogen-bond donors (Lipinski definition) is 0. The summed E-state index contributed by atoms with van der Waals surface area (Å²) in [5.41, 5.74) is 1.62. The molecule has 1 aliphatic rings. The third-order valence-corrected chi connectivity index (χ3v) is 5.04. The zero-order valence-corrected chi connectivity index (χ0v) is 16.1. The molecule has 8 heteroatoms. The summed E-state index contributed by atoms with van der Waals surface area (Å²) in [6.07, 6.45) is 5.61. The van der Waals surface area contributed by atoms with Gasteiger partial charge in [-0.2, -0.15) is 10.1 Å². The van der Waals surface area contributed by atoms with Crippen molar-refractivity contribution in [3.63, 3.8) is 0 Å². The number of rotatable bonds is 5. The number of carbonyl (C=O) groups is 1. The number of amides is 1. The van der Waals surface area contributed by atoms with Gasteiger partial charge >= 0.3 is 0 Å². The van der Waals surface area contributed by atoms with Gasteiger partial charge < -0.3 is 9.42 Å². The second-order valence-corrected chi connectivity index (χ2v) is 7.04. The molecular weight excluding hydrogens is 332 g/mol. The van der Waals surface area contributed by atoms with E-state index < -0.39 is 0 Å². The van der Waals surface area contributed by atoms with Crippen molar-refractivity contribution >= 4 is 5.91 Å². The second kappa shape index (κ2) is 7.99. The molecule has 0 radical (unpaired) electrons. The molecular formula is C18H28N6O2. The summed E-state index contributed by atoms with van der Waals surface area (Å²) in [6, 6.07) is 0.408. The quantitative estimate of drug-likeness (QED) is 0.809. The smallest absolute Gasteiger partial charge is 0.257 e. The first-order valence-corrected chi connectivity index (χ1v) is 9.29. The standard InChI is InChI=1S/C18H28N6O2/c1-5-16-15(11-23(4)20-16)18(25)24-9-6-7-14(8-10-24)22(3)12-17-19-13(2)26-21-17/h11,14H,5-10,12H2,1-4H3/t14-/m0/s1. The van der Waals surface area contributed by atoms with Gasteiger partial charge in [-0.3, -0.25) is 14.4 Å². The highest BCUT2D eigenvalue weighted by atomic mass is 16.5. The van der Waals surface area contributed by atoms with E-state index in [1.165, 1.54) is 0 Å². The summed E-state index contributed by atoms with van der Waals surface area (Å²) in [5, 5.41) is 8.38. The Morgan fingerprint density at radius 1 is 1.38 bits per heavy atom. The van der Waals surface area contributed by atoms with Gasteiger partial charge in [0.25, 0.3) is 5.91 Å². The van der Waals surface area contributed by atoms with Gasteiger partial charge in [0.15, 0.2) is 5.82 Å². The van der Waals surface area contributed by atoms with Crippen LogP contribution in [0.15, 0.2) is 10.7 Å². The van der Waals surface area contributed by atoms with E-state index in [-0.39, 0.29) is 5.91 Å². The minimum Gasteiger partial charge on any atom is -0.340 e. The predicted molar refractivity (Wildman–Crippen MR) is 96.6 cm³/mol. The lowest BCUT2D eigenvalue weighted by molar-refractivity contribution is 0.0756. The molecule has 3 heterocycles. The van der Waals surface area contributed by atoms with Crippen LogP contribution in [0.2, 0.25) is 0 Å². The van der Waals surface area contributed by atoms with Crippen LogP contribution in [0.5, 0.6) is 0 Å². The first-order chi connectivity index (χ1) is 12.5. The largest absolute Gasteiger partial charge is 0.340 e. The van der Waals surface area contributed by atoms with Crippen LogP contribution in [0.4, 0.5) is 0 Å². The predicted octanol–water partition coefficient (Wildman–Crippen LogP) is 1.80.